The molecule has 6 heteroatoms. The number of hydrogen-bond donors (Lipinski definition) is 0. The minimum atomic E-state index is -0.292. The highest BCUT2D eigenvalue weighted by atomic mass is 16.5. The van der Waals surface area contributed by atoms with Crippen LogP contribution in [0.3, 0.4) is 0 Å². The van der Waals surface area contributed by atoms with E-state index in [1.807, 2.05) is 61.3 Å². The molecule has 0 spiro atoms. The second-order valence-corrected chi connectivity index (χ2v) is 8.11. The van der Waals surface area contributed by atoms with Crippen LogP contribution in [0.5, 0.6) is 5.75 Å². The molecule has 2 heterocycles. The second kappa shape index (κ2) is 8.94. The van der Waals surface area contributed by atoms with Crippen LogP contribution in [0.1, 0.15) is 25.3 Å². The van der Waals surface area contributed by atoms with Crippen LogP contribution in [0.15, 0.2) is 60.3 Å². The molecule has 0 bridgehead atoms. The summed E-state index contributed by atoms with van der Waals surface area (Å²) in [7, 11) is 4.06. The van der Waals surface area contributed by atoms with Crippen molar-refractivity contribution in [2.24, 2.45) is 0 Å². The smallest absolute Gasteiger partial charge is 0.282 e. The van der Waals surface area contributed by atoms with Gasteiger partial charge in [0.2, 0.25) is 0 Å². The molecule has 2 aliphatic rings. The van der Waals surface area contributed by atoms with E-state index < -0.39 is 0 Å². The quantitative estimate of drug-likeness (QED) is 0.672. The number of anilines is 1. The number of rotatable bonds is 6. The first-order valence-electron chi connectivity index (χ1n) is 10.8. The van der Waals surface area contributed by atoms with Crippen molar-refractivity contribution in [3.8, 4) is 5.75 Å². The standard InChI is InChI=1S/C25H29N3O3/c1-4-31-21-12-8-11-20(17-21)28-24(29)22(18-9-6-5-7-10-18)23(25(28)30)27(3)19-13-15-26(2)16-14-19/h5-12,17,19H,4,13-16H2,1-3H3. The van der Waals surface area contributed by atoms with E-state index in [1.165, 1.54) is 4.90 Å². The number of benzene rings is 2. The molecule has 2 aromatic carbocycles. The highest BCUT2D eigenvalue weighted by Gasteiger charge is 2.43. The molecule has 4 rings (SSSR count). The monoisotopic (exact) mass is 419 g/mol. The Hall–Kier alpha value is -3.12. The van der Waals surface area contributed by atoms with E-state index in [2.05, 4.69) is 11.9 Å². The van der Waals surface area contributed by atoms with E-state index in [-0.39, 0.29) is 17.9 Å². The third kappa shape index (κ3) is 4.08. The predicted octanol–water partition coefficient (Wildman–Crippen LogP) is 3.40. The normalized spacial score (nSPS) is 18.1. The zero-order valence-corrected chi connectivity index (χ0v) is 18.4. The Morgan fingerprint density at radius 1 is 1.00 bits per heavy atom. The summed E-state index contributed by atoms with van der Waals surface area (Å²) in [6.45, 7) is 4.38. The second-order valence-electron chi connectivity index (χ2n) is 8.11. The molecule has 0 unspecified atom stereocenters. The first-order chi connectivity index (χ1) is 15.0. The molecule has 6 nitrogen and oxygen atoms in total. The molecule has 0 radical (unpaired) electrons. The van der Waals surface area contributed by atoms with Crippen molar-refractivity contribution < 1.29 is 14.3 Å². The van der Waals surface area contributed by atoms with Gasteiger partial charge in [0.15, 0.2) is 0 Å². The lowest BCUT2D eigenvalue weighted by Crippen LogP contribution is -2.43. The minimum Gasteiger partial charge on any atom is -0.494 e. The molecule has 2 aromatic rings. The summed E-state index contributed by atoms with van der Waals surface area (Å²) in [5.41, 5.74) is 2.24. The molecule has 2 amide bonds. The summed E-state index contributed by atoms with van der Waals surface area (Å²) in [5.74, 6) is 0.0672. The zero-order valence-electron chi connectivity index (χ0n) is 18.4. The lowest BCUT2D eigenvalue weighted by Gasteiger charge is -2.36. The van der Waals surface area contributed by atoms with Gasteiger partial charge in [-0.2, -0.15) is 0 Å². The maximum Gasteiger partial charge on any atom is 0.282 e. The van der Waals surface area contributed by atoms with E-state index in [1.54, 1.807) is 12.1 Å². The fourth-order valence-electron chi connectivity index (χ4n) is 4.39. The molecule has 162 valence electrons. The van der Waals surface area contributed by atoms with E-state index in [4.69, 9.17) is 4.74 Å². The summed E-state index contributed by atoms with van der Waals surface area (Å²) in [4.78, 5) is 32.9. The van der Waals surface area contributed by atoms with Crippen molar-refractivity contribution in [1.29, 1.82) is 0 Å². The number of carbonyl (C=O) groups is 2. The van der Waals surface area contributed by atoms with Gasteiger partial charge in [-0.25, -0.2) is 4.90 Å². The van der Waals surface area contributed by atoms with Gasteiger partial charge in [0.1, 0.15) is 11.4 Å². The highest BCUT2D eigenvalue weighted by Crippen LogP contribution is 2.36. The van der Waals surface area contributed by atoms with E-state index in [0.717, 1.165) is 31.5 Å². The van der Waals surface area contributed by atoms with Gasteiger partial charge < -0.3 is 14.5 Å². The Bertz CT molecular complexity index is 994. The van der Waals surface area contributed by atoms with Crippen molar-refractivity contribution >= 4 is 23.1 Å². The lowest BCUT2D eigenvalue weighted by atomic mass is 10.0. The molecular formula is C25H29N3O3. The number of piperidine rings is 1. The summed E-state index contributed by atoms with van der Waals surface area (Å²) in [6, 6.07) is 16.9. The molecule has 0 N–H and O–H groups in total. The van der Waals surface area contributed by atoms with Gasteiger partial charge in [-0.1, -0.05) is 36.4 Å². The Morgan fingerprint density at radius 3 is 2.39 bits per heavy atom. The number of likely N-dealkylation sites (tertiary alicyclic amines) is 1. The van der Waals surface area contributed by atoms with Gasteiger partial charge in [0, 0.05) is 19.2 Å². The van der Waals surface area contributed by atoms with Gasteiger partial charge in [-0.3, -0.25) is 9.59 Å². The van der Waals surface area contributed by atoms with Crippen LogP contribution >= 0.6 is 0 Å². The van der Waals surface area contributed by atoms with E-state index in [0.29, 0.717) is 29.3 Å². The average Bonchev–Trinajstić information content (AvgIpc) is 3.05. The van der Waals surface area contributed by atoms with Crippen LogP contribution in [0.2, 0.25) is 0 Å². The van der Waals surface area contributed by atoms with Crippen molar-refractivity contribution in [2.75, 3.05) is 38.7 Å². The van der Waals surface area contributed by atoms with E-state index in [9.17, 15) is 9.59 Å². The van der Waals surface area contributed by atoms with Crippen LogP contribution in [-0.4, -0.2) is 61.4 Å². The molecule has 0 aliphatic carbocycles. The van der Waals surface area contributed by atoms with Crippen LogP contribution in [0, 0.1) is 0 Å². The third-order valence-electron chi connectivity index (χ3n) is 6.10. The molecule has 1 saturated heterocycles. The minimum absolute atomic E-state index is 0.219. The first kappa shape index (κ1) is 21.1. The van der Waals surface area contributed by atoms with Crippen molar-refractivity contribution in [2.45, 2.75) is 25.8 Å². The lowest BCUT2D eigenvalue weighted by molar-refractivity contribution is -0.120. The van der Waals surface area contributed by atoms with Gasteiger partial charge in [-0.15, -0.1) is 0 Å². The zero-order chi connectivity index (χ0) is 22.0. The van der Waals surface area contributed by atoms with Crippen LogP contribution in [0.4, 0.5) is 5.69 Å². The molecule has 0 saturated carbocycles. The van der Waals surface area contributed by atoms with Crippen molar-refractivity contribution in [1.82, 2.24) is 9.80 Å². The average molecular weight is 420 g/mol. The molecule has 31 heavy (non-hydrogen) atoms. The van der Waals surface area contributed by atoms with Gasteiger partial charge >= 0.3 is 0 Å². The Kier molecular flexibility index (Phi) is 6.09. The summed E-state index contributed by atoms with van der Waals surface area (Å²) in [6.07, 6.45) is 1.92. The summed E-state index contributed by atoms with van der Waals surface area (Å²) < 4.78 is 5.59. The third-order valence-corrected chi connectivity index (χ3v) is 6.10. The molecule has 0 aromatic heterocycles. The largest absolute Gasteiger partial charge is 0.494 e. The summed E-state index contributed by atoms with van der Waals surface area (Å²) >= 11 is 0. The maximum atomic E-state index is 13.7. The van der Waals surface area contributed by atoms with Gasteiger partial charge in [-0.05, 0) is 57.6 Å². The van der Waals surface area contributed by atoms with Crippen LogP contribution in [-0.2, 0) is 9.59 Å². The molecular weight excluding hydrogens is 390 g/mol. The Labute approximate surface area is 183 Å². The summed E-state index contributed by atoms with van der Waals surface area (Å²) in [5, 5.41) is 0. The number of imide groups is 1. The van der Waals surface area contributed by atoms with Crippen molar-refractivity contribution in [3.63, 3.8) is 0 Å². The van der Waals surface area contributed by atoms with Crippen LogP contribution in [0.25, 0.3) is 5.57 Å². The molecule has 2 aliphatic heterocycles. The number of carbonyl (C=O) groups excluding carboxylic acids is 2. The fourth-order valence-corrected chi connectivity index (χ4v) is 4.39. The number of hydrogen-bond acceptors (Lipinski definition) is 5. The van der Waals surface area contributed by atoms with Crippen LogP contribution < -0.4 is 9.64 Å². The van der Waals surface area contributed by atoms with Crippen molar-refractivity contribution in [3.05, 3.63) is 65.9 Å². The number of nitrogens with zero attached hydrogens (tertiary/aromatic N) is 3. The van der Waals surface area contributed by atoms with Gasteiger partial charge in [0.25, 0.3) is 11.8 Å². The maximum absolute atomic E-state index is 13.7. The Balaban J connectivity index is 1.75. The topological polar surface area (TPSA) is 53.1 Å². The first-order valence-corrected chi connectivity index (χ1v) is 10.8. The van der Waals surface area contributed by atoms with E-state index >= 15 is 0 Å². The molecule has 1 fully saturated rings. The van der Waals surface area contributed by atoms with Gasteiger partial charge in [0.05, 0.1) is 17.9 Å². The number of likely N-dealkylation sites (N-methyl/N-ethyl adjacent to an activating group) is 1. The Morgan fingerprint density at radius 2 is 1.71 bits per heavy atom. The number of ether oxygens (including phenoxy) is 1. The number of amides is 2. The highest BCUT2D eigenvalue weighted by molar-refractivity contribution is 6.45. The molecule has 0 atom stereocenters. The fraction of sp³-hybridized carbons (Fsp3) is 0.360. The SMILES string of the molecule is CCOc1cccc(N2C(=O)C(c3ccccc3)=C(N(C)C3CCN(C)CC3)C2=O)c1. The predicted molar refractivity (Wildman–Crippen MR) is 122 cm³/mol.